The highest BCUT2D eigenvalue weighted by molar-refractivity contribution is 7.11. The van der Waals surface area contributed by atoms with Gasteiger partial charge in [0.1, 0.15) is 0 Å². The largest absolute Gasteiger partial charge is 0.330 e. The maximum absolute atomic E-state index is 5.39. The van der Waals surface area contributed by atoms with Crippen molar-refractivity contribution in [3.63, 3.8) is 0 Å². The van der Waals surface area contributed by atoms with Crippen molar-refractivity contribution in [3.8, 4) is 0 Å². The fraction of sp³-hybridized carbons (Fsp3) is 0.625. The van der Waals surface area contributed by atoms with Crippen LogP contribution in [0.25, 0.3) is 0 Å². The molecule has 2 nitrogen and oxygen atoms in total. The zero-order valence-electron chi connectivity index (χ0n) is 6.84. The van der Waals surface area contributed by atoms with Crippen LogP contribution >= 0.6 is 11.3 Å². The lowest BCUT2D eigenvalue weighted by Gasteiger charge is -1.93. The second-order valence-electron chi connectivity index (χ2n) is 2.59. The summed E-state index contributed by atoms with van der Waals surface area (Å²) in [5.41, 5.74) is 5.39. The van der Waals surface area contributed by atoms with E-state index in [1.165, 1.54) is 11.3 Å². The fourth-order valence-corrected chi connectivity index (χ4v) is 1.80. The molecule has 1 heterocycles. The maximum Gasteiger partial charge on any atom is 0.0896 e. The van der Waals surface area contributed by atoms with Crippen molar-refractivity contribution in [1.82, 2.24) is 4.98 Å². The molecule has 0 saturated heterocycles. The van der Waals surface area contributed by atoms with Gasteiger partial charge in [0.2, 0.25) is 0 Å². The Morgan fingerprint density at radius 3 is 2.91 bits per heavy atom. The van der Waals surface area contributed by atoms with E-state index in [0.29, 0.717) is 0 Å². The number of rotatable bonds is 4. The molecule has 11 heavy (non-hydrogen) atoms. The molecular formula is C8H14N2S. The quantitative estimate of drug-likeness (QED) is 0.699. The van der Waals surface area contributed by atoms with Crippen molar-refractivity contribution < 1.29 is 0 Å². The average Bonchev–Trinajstić information content (AvgIpc) is 2.37. The number of aryl methyl sites for hydroxylation is 2. The summed E-state index contributed by atoms with van der Waals surface area (Å²) >= 11 is 1.79. The smallest absolute Gasteiger partial charge is 0.0896 e. The van der Waals surface area contributed by atoms with Crippen LogP contribution in [-0.2, 0) is 6.42 Å². The van der Waals surface area contributed by atoms with Gasteiger partial charge in [0, 0.05) is 11.1 Å². The van der Waals surface area contributed by atoms with E-state index in [1.807, 2.05) is 13.1 Å². The zero-order valence-corrected chi connectivity index (χ0v) is 7.66. The van der Waals surface area contributed by atoms with Crippen LogP contribution in [0.5, 0.6) is 0 Å². The highest BCUT2D eigenvalue weighted by Gasteiger charge is 1.96. The lowest BCUT2D eigenvalue weighted by Crippen LogP contribution is -1.98. The van der Waals surface area contributed by atoms with E-state index in [4.69, 9.17) is 5.73 Å². The Labute approximate surface area is 71.5 Å². The number of nitrogens with zero attached hydrogens (tertiary/aromatic N) is 1. The lowest BCUT2D eigenvalue weighted by atomic mass is 10.2. The third-order valence-electron chi connectivity index (χ3n) is 1.55. The van der Waals surface area contributed by atoms with Gasteiger partial charge in [0.15, 0.2) is 0 Å². The third-order valence-corrected chi connectivity index (χ3v) is 2.52. The molecule has 0 aliphatic carbocycles. The molecule has 2 N–H and O–H groups in total. The summed E-state index contributed by atoms with van der Waals surface area (Å²) in [4.78, 5) is 5.57. The molecule has 0 atom stereocenters. The second kappa shape index (κ2) is 4.46. The van der Waals surface area contributed by atoms with Crippen LogP contribution in [0.3, 0.4) is 0 Å². The van der Waals surface area contributed by atoms with Crippen LogP contribution in [0, 0.1) is 6.92 Å². The van der Waals surface area contributed by atoms with E-state index < -0.39 is 0 Å². The molecule has 0 fully saturated rings. The van der Waals surface area contributed by atoms with Crippen molar-refractivity contribution in [1.29, 1.82) is 0 Å². The standard InChI is InChI=1S/C8H14N2S/c1-7-10-6-8(11-7)4-2-3-5-9/h6H,2-5,9H2,1H3. The highest BCUT2D eigenvalue weighted by Crippen LogP contribution is 2.13. The van der Waals surface area contributed by atoms with Gasteiger partial charge in [-0.3, -0.25) is 0 Å². The average molecular weight is 170 g/mol. The van der Waals surface area contributed by atoms with Gasteiger partial charge in [-0.1, -0.05) is 0 Å². The molecule has 3 heteroatoms. The molecule has 0 amide bonds. The first-order valence-electron chi connectivity index (χ1n) is 3.94. The summed E-state index contributed by atoms with van der Waals surface area (Å²) in [6.07, 6.45) is 5.42. The molecule has 0 aliphatic rings. The van der Waals surface area contributed by atoms with Crippen LogP contribution in [0.15, 0.2) is 6.20 Å². The summed E-state index contributed by atoms with van der Waals surface area (Å²) in [6.45, 7) is 2.84. The summed E-state index contributed by atoms with van der Waals surface area (Å²) < 4.78 is 0. The SMILES string of the molecule is Cc1ncc(CCCCN)s1. The number of unbranched alkanes of at least 4 members (excludes halogenated alkanes) is 1. The van der Waals surface area contributed by atoms with E-state index in [0.717, 1.165) is 24.4 Å². The van der Waals surface area contributed by atoms with Crippen LogP contribution in [0.2, 0.25) is 0 Å². The maximum atomic E-state index is 5.39. The minimum atomic E-state index is 0.803. The van der Waals surface area contributed by atoms with Gasteiger partial charge in [0.25, 0.3) is 0 Å². The molecular weight excluding hydrogens is 156 g/mol. The predicted molar refractivity (Wildman–Crippen MR) is 48.8 cm³/mol. The van der Waals surface area contributed by atoms with E-state index in [-0.39, 0.29) is 0 Å². The normalized spacial score (nSPS) is 10.4. The molecule has 1 aromatic rings. The van der Waals surface area contributed by atoms with E-state index in [9.17, 15) is 0 Å². The minimum absolute atomic E-state index is 0.803. The first kappa shape index (κ1) is 8.68. The summed E-state index contributed by atoms with van der Waals surface area (Å²) in [5.74, 6) is 0. The Balaban J connectivity index is 2.27. The third kappa shape index (κ3) is 2.99. The van der Waals surface area contributed by atoms with Gasteiger partial charge < -0.3 is 5.73 Å². The molecule has 1 aromatic heterocycles. The molecule has 0 aromatic carbocycles. The number of thiazole rings is 1. The van der Waals surface area contributed by atoms with Crippen molar-refractivity contribution in [2.45, 2.75) is 26.2 Å². The van der Waals surface area contributed by atoms with Gasteiger partial charge in [-0.15, -0.1) is 11.3 Å². The van der Waals surface area contributed by atoms with Gasteiger partial charge in [-0.25, -0.2) is 4.98 Å². The van der Waals surface area contributed by atoms with Crippen LogP contribution < -0.4 is 5.73 Å². The number of nitrogens with two attached hydrogens (primary N) is 1. The Kier molecular flexibility index (Phi) is 3.52. The lowest BCUT2D eigenvalue weighted by molar-refractivity contribution is 0.750. The number of hydrogen-bond donors (Lipinski definition) is 1. The van der Waals surface area contributed by atoms with E-state index in [1.54, 1.807) is 11.3 Å². The molecule has 0 saturated carbocycles. The predicted octanol–water partition coefficient (Wildman–Crippen LogP) is 1.73. The molecule has 0 unspecified atom stereocenters. The van der Waals surface area contributed by atoms with Gasteiger partial charge in [0.05, 0.1) is 5.01 Å². The second-order valence-corrected chi connectivity index (χ2v) is 3.91. The summed E-state index contributed by atoms with van der Waals surface area (Å²) in [5, 5.41) is 1.16. The van der Waals surface area contributed by atoms with Crippen LogP contribution in [0.1, 0.15) is 22.7 Å². The van der Waals surface area contributed by atoms with E-state index >= 15 is 0 Å². The Morgan fingerprint density at radius 1 is 1.55 bits per heavy atom. The molecule has 0 spiro atoms. The fourth-order valence-electron chi connectivity index (χ4n) is 0.964. The summed E-state index contributed by atoms with van der Waals surface area (Å²) in [7, 11) is 0. The Bertz CT molecular complexity index is 208. The molecule has 62 valence electrons. The Hall–Kier alpha value is -0.410. The molecule has 0 bridgehead atoms. The summed E-state index contributed by atoms with van der Waals surface area (Å²) in [6, 6.07) is 0. The van der Waals surface area contributed by atoms with Crippen molar-refractivity contribution in [2.75, 3.05) is 6.54 Å². The monoisotopic (exact) mass is 170 g/mol. The van der Waals surface area contributed by atoms with Gasteiger partial charge >= 0.3 is 0 Å². The number of hydrogen-bond acceptors (Lipinski definition) is 3. The topological polar surface area (TPSA) is 38.9 Å². The van der Waals surface area contributed by atoms with Crippen LogP contribution in [0.4, 0.5) is 0 Å². The molecule has 0 radical (unpaired) electrons. The van der Waals surface area contributed by atoms with Crippen LogP contribution in [-0.4, -0.2) is 11.5 Å². The highest BCUT2D eigenvalue weighted by atomic mass is 32.1. The first-order valence-corrected chi connectivity index (χ1v) is 4.76. The molecule has 1 rings (SSSR count). The van der Waals surface area contributed by atoms with Crippen molar-refractivity contribution in [3.05, 3.63) is 16.1 Å². The van der Waals surface area contributed by atoms with Crippen molar-refractivity contribution >= 4 is 11.3 Å². The minimum Gasteiger partial charge on any atom is -0.330 e. The van der Waals surface area contributed by atoms with Crippen molar-refractivity contribution in [2.24, 2.45) is 5.73 Å². The van der Waals surface area contributed by atoms with E-state index in [2.05, 4.69) is 4.98 Å². The number of aromatic nitrogens is 1. The zero-order chi connectivity index (χ0) is 8.10. The molecule has 0 aliphatic heterocycles. The van der Waals surface area contributed by atoms with Gasteiger partial charge in [-0.2, -0.15) is 0 Å². The first-order chi connectivity index (χ1) is 5.33. The Morgan fingerprint density at radius 2 is 2.36 bits per heavy atom. The van der Waals surface area contributed by atoms with Gasteiger partial charge in [-0.05, 0) is 32.7 Å².